The van der Waals surface area contributed by atoms with Crippen LogP contribution in [0.3, 0.4) is 0 Å². The molecule has 1 amide bonds. The van der Waals surface area contributed by atoms with E-state index in [1.807, 2.05) is 53.4 Å². The zero-order chi connectivity index (χ0) is 22.8. The summed E-state index contributed by atoms with van der Waals surface area (Å²) >= 11 is 0. The smallest absolute Gasteiger partial charge is 0.246 e. The second kappa shape index (κ2) is 8.81. The van der Waals surface area contributed by atoms with Gasteiger partial charge in [-0.3, -0.25) is 4.79 Å². The third kappa shape index (κ3) is 4.72. The van der Waals surface area contributed by atoms with Crippen LogP contribution in [-0.2, 0) is 9.63 Å². The van der Waals surface area contributed by atoms with Crippen molar-refractivity contribution < 1.29 is 14.4 Å². The van der Waals surface area contributed by atoms with Crippen molar-refractivity contribution in [3.8, 4) is 5.75 Å². The van der Waals surface area contributed by atoms with E-state index in [0.717, 1.165) is 47.4 Å². The maximum absolute atomic E-state index is 13.2. The molecular formula is C27H32N2O3. The number of oxime groups is 1. The number of carbonyl (C=O) groups is 1. The molecule has 1 saturated heterocycles. The van der Waals surface area contributed by atoms with E-state index in [1.165, 1.54) is 0 Å². The Kier molecular flexibility index (Phi) is 6.09. The fourth-order valence-electron chi connectivity index (χ4n) is 4.45. The van der Waals surface area contributed by atoms with Crippen LogP contribution >= 0.6 is 0 Å². The van der Waals surface area contributed by atoms with E-state index in [1.54, 1.807) is 7.11 Å². The van der Waals surface area contributed by atoms with E-state index in [-0.39, 0.29) is 16.9 Å². The van der Waals surface area contributed by atoms with E-state index in [2.05, 4.69) is 38.1 Å². The number of hydrogen-bond donors (Lipinski definition) is 0. The molecule has 5 heteroatoms. The standard InChI is InChI=1S/C27H32N2O3/c1-26(2,3)23(20-9-6-5-7-10-20)18-25(30)29-15-13-27(14-16-29)19-24(28-32-27)21-11-8-12-22(17-21)31-4/h5-12,17-18H,13-16,19H2,1-4H3. The number of ether oxygens (including phenoxy) is 1. The van der Waals surface area contributed by atoms with Crippen molar-refractivity contribution in [2.45, 2.75) is 45.6 Å². The highest BCUT2D eigenvalue weighted by Gasteiger charge is 2.43. The zero-order valence-electron chi connectivity index (χ0n) is 19.4. The minimum atomic E-state index is -0.314. The maximum Gasteiger partial charge on any atom is 0.246 e. The molecule has 0 atom stereocenters. The molecule has 0 radical (unpaired) electrons. The number of amides is 1. The Morgan fingerprint density at radius 1 is 1.09 bits per heavy atom. The number of benzene rings is 2. The Hall–Kier alpha value is -3.08. The quantitative estimate of drug-likeness (QED) is 0.615. The van der Waals surface area contributed by atoms with Crippen LogP contribution in [0.5, 0.6) is 5.75 Å². The first-order chi connectivity index (χ1) is 15.3. The molecule has 1 fully saturated rings. The van der Waals surface area contributed by atoms with Crippen LogP contribution in [0.25, 0.3) is 5.57 Å². The number of likely N-dealkylation sites (tertiary alicyclic amines) is 1. The highest BCUT2D eigenvalue weighted by molar-refractivity contribution is 6.02. The van der Waals surface area contributed by atoms with Crippen LogP contribution in [0.15, 0.2) is 65.8 Å². The molecule has 0 unspecified atom stereocenters. The number of nitrogens with zero attached hydrogens (tertiary/aromatic N) is 2. The third-order valence-electron chi connectivity index (χ3n) is 6.39. The van der Waals surface area contributed by atoms with E-state index in [9.17, 15) is 4.79 Å². The van der Waals surface area contributed by atoms with Crippen molar-refractivity contribution >= 4 is 17.2 Å². The molecule has 2 heterocycles. The van der Waals surface area contributed by atoms with Crippen LogP contribution in [0.2, 0.25) is 0 Å². The monoisotopic (exact) mass is 432 g/mol. The van der Waals surface area contributed by atoms with E-state index < -0.39 is 0 Å². The second-order valence-electron chi connectivity index (χ2n) is 9.72. The summed E-state index contributed by atoms with van der Waals surface area (Å²) in [6.07, 6.45) is 4.13. The second-order valence-corrected chi connectivity index (χ2v) is 9.72. The summed E-state index contributed by atoms with van der Waals surface area (Å²) in [7, 11) is 1.66. The summed E-state index contributed by atoms with van der Waals surface area (Å²) in [4.78, 5) is 21.0. The van der Waals surface area contributed by atoms with Gasteiger partial charge >= 0.3 is 0 Å². The first-order valence-electron chi connectivity index (χ1n) is 11.3. The Bertz CT molecular complexity index is 1030. The summed E-state index contributed by atoms with van der Waals surface area (Å²) in [5.41, 5.74) is 3.69. The van der Waals surface area contributed by atoms with Crippen molar-refractivity contribution in [1.82, 2.24) is 4.90 Å². The number of piperidine rings is 1. The lowest BCUT2D eigenvalue weighted by molar-refractivity contribution is -0.131. The van der Waals surface area contributed by atoms with Gasteiger partial charge in [-0.2, -0.15) is 0 Å². The molecule has 2 aliphatic heterocycles. The lowest BCUT2D eigenvalue weighted by Crippen LogP contribution is -2.46. The van der Waals surface area contributed by atoms with Crippen molar-refractivity contribution in [3.05, 3.63) is 71.8 Å². The first-order valence-corrected chi connectivity index (χ1v) is 11.3. The predicted octanol–water partition coefficient (Wildman–Crippen LogP) is 5.31. The van der Waals surface area contributed by atoms with E-state index in [4.69, 9.17) is 9.57 Å². The molecule has 4 rings (SSSR count). The average molecular weight is 433 g/mol. The summed E-state index contributed by atoms with van der Waals surface area (Å²) in [5, 5.41) is 4.39. The van der Waals surface area contributed by atoms with Crippen molar-refractivity contribution in [3.63, 3.8) is 0 Å². The van der Waals surface area contributed by atoms with Gasteiger partial charge in [-0.15, -0.1) is 0 Å². The zero-order valence-corrected chi connectivity index (χ0v) is 19.4. The molecule has 5 nitrogen and oxygen atoms in total. The molecule has 0 bridgehead atoms. The fourth-order valence-corrected chi connectivity index (χ4v) is 4.45. The summed E-state index contributed by atoms with van der Waals surface area (Å²) in [5.74, 6) is 0.881. The van der Waals surface area contributed by atoms with Gasteiger partial charge in [-0.05, 0) is 28.7 Å². The van der Waals surface area contributed by atoms with Crippen molar-refractivity contribution in [2.75, 3.05) is 20.2 Å². The Balaban J connectivity index is 1.42. The summed E-state index contributed by atoms with van der Waals surface area (Å²) < 4.78 is 5.33. The molecule has 32 heavy (non-hydrogen) atoms. The lowest BCUT2D eigenvalue weighted by atomic mass is 9.81. The van der Waals surface area contributed by atoms with Gasteiger partial charge in [0.15, 0.2) is 0 Å². The van der Waals surface area contributed by atoms with Crippen LogP contribution < -0.4 is 4.74 Å². The molecule has 168 valence electrons. The van der Waals surface area contributed by atoms with Crippen molar-refractivity contribution in [1.29, 1.82) is 0 Å². The topological polar surface area (TPSA) is 51.1 Å². The first kappa shape index (κ1) is 22.1. The molecule has 2 aliphatic rings. The lowest BCUT2D eigenvalue weighted by Gasteiger charge is -2.37. The Morgan fingerprint density at radius 2 is 1.81 bits per heavy atom. The molecule has 2 aromatic carbocycles. The van der Waals surface area contributed by atoms with Crippen LogP contribution in [0.1, 0.15) is 51.2 Å². The van der Waals surface area contributed by atoms with Crippen LogP contribution in [-0.4, -0.2) is 42.3 Å². The molecule has 0 aromatic heterocycles. The number of hydrogen-bond acceptors (Lipinski definition) is 4. The Morgan fingerprint density at radius 3 is 2.47 bits per heavy atom. The molecule has 0 aliphatic carbocycles. The van der Waals surface area contributed by atoms with Gasteiger partial charge in [0.2, 0.25) is 5.91 Å². The molecule has 1 spiro atoms. The van der Waals surface area contributed by atoms with Crippen LogP contribution in [0.4, 0.5) is 0 Å². The van der Waals surface area contributed by atoms with Gasteiger partial charge in [0, 0.05) is 44.0 Å². The molecular weight excluding hydrogens is 400 g/mol. The van der Waals surface area contributed by atoms with E-state index >= 15 is 0 Å². The summed E-state index contributed by atoms with van der Waals surface area (Å²) in [6.45, 7) is 7.78. The van der Waals surface area contributed by atoms with Gasteiger partial charge in [0.05, 0.1) is 12.8 Å². The number of carbonyl (C=O) groups excluding carboxylic acids is 1. The minimum Gasteiger partial charge on any atom is -0.497 e. The van der Waals surface area contributed by atoms with Gasteiger partial charge in [-0.25, -0.2) is 0 Å². The predicted molar refractivity (Wildman–Crippen MR) is 128 cm³/mol. The van der Waals surface area contributed by atoms with Gasteiger partial charge < -0.3 is 14.5 Å². The largest absolute Gasteiger partial charge is 0.497 e. The number of methoxy groups -OCH3 is 1. The number of rotatable bonds is 4. The van der Waals surface area contributed by atoms with Gasteiger partial charge in [0.1, 0.15) is 11.4 Å². The SMILES string of the molecule is COc1cccc(C2=NOC3(CCN(C(=O)C=C(c4ccccc4)C(C)(C)C)CC3)C2)c1. The fraction of sp³-hybridized carbons (Fsp3) is 0.407. The highest BCUT2D eigenvalue weighted by Crippen LogP contribution is 2.38. The van der Waals surface area contributed by atoms with E-state index in [0.29, 0.717) is 13.1 Å². The van der Waals surface area contributed by atoms with Crippen molar-refractivity contribution in [2.24, 2.45) is 10.6 Å². The van der Waals surface area contributed by atoms with Gasteiger partial charge in [0.25, 0.3) is 0 Å². The molecule has 2 aromatic rings. The molecule has 0 saturated carbocycles. The third-order valence-corrected chi connectivity index (χ3v) is 6.39. The summed E-state index contributed by atoms with van der Waals surface area (Å²) in [6, 6.07) is 18.1. The normalized spacial score (nSPS) is 18.3. The maximum atomic E-state index is 13.2. The highest BCUT2D eigenvalue weighted by atomic mass is 16.7. The Labute approximate surface area is 190 Å². The minimum absolute atomic E-state index is 0.0700. The van der Waals surface area contributed by atoms with Crippen LogP contribution in [0, 0.1) is 5.41 Å². The number of allylic oxidation sites excluding steroid dienone is 1. The average Bonchev–Trinajstić information content (AvgIpc) is 3.21. The molecule has 0 N–H and O–H groups in total. The van der Waals surface area contributed by atoms with Gasteiger partial charge in [-0.1, -0.05) is 68.4 Å².